The normalized spacial score (nSPS) is 23.2. The van der Waals surface area contributed by atoms with Crippen LogP contribution in [0.1, 0.15) is 25.3 Å². The highest BCUT2D eigenvalue weighted by Crippen LogP contribution is 2.31. The number of aromatic nitrogens is 2. The third kappa shape index (κ3) is 1.72. The van der Waals surface area contributed by atoms with E-state index in [1.807, 2.05) is 27.1 Å². The van der Waals surface area contributed by atoms with E-state index in [0.717, 1.165) is 11.4 Å². The fraction of sp³-hybridized carbons (Fsp3) is 0.385. The number of rotatable bonds is 1. The first-order valence-corrected chi connectivity index (χ1v) is 6.96. The van der Waals surface area contributed by atoms with Gasteiger partial charge in [0.05, 0.1) is 11.6 Å². The Bertz CT molecular complexity index is 647. The van der Waals surface area contributed by atoms with Crippen LogP contribution >= 0.6 is 22.6 Å². The maximum atomic E-state index is 5.33. The largest absolute Gasteiger partial charge is 0.392 e. The summed E-state index contributed by atoms with van der Waals surface area (Å²) in [7, 11) is 2.02. The second-order valence-corrected chi connectivity index (χ2v) is 5.91. The molecule has 94 valence electrons. The zero-order valence-corrected chi connectivity index (χ0v) is 12.7. The van der Waals surface area contributed by atoms with Gasteiger partial charge in [-0.3, -0.25) is 0 Å². The van der Waals surface area contributed by atoms with Gasteiger partial charge in [-0.2, -0.15) is 0 Å². The van der Waals surface area contributed by atoms with Crippen LogP contribution < -0.4 is 0 Å². The van der Waals surface area contributed by atoms with Gasteiger partial charge in [0.15, 0.2) is 0 Å². The van der Waals surface area contributed by atoms with Gasteiger partial charge >= 0.3 is 0 Å². The molecule has 5 heteroatoms. The third-order valence-corrected chi connectivity index (χ3v) is 4.29. The Morgan fingerprint density at radius 2 is 2.22 bits per heavy atom. The minimum Gasteiger partial charge on any atom is -0.392 e. The molecule has 1 unspecified atom stereocenters. The van der Waals surface area contributed by atoms with E-state index in [9.17, 15) is 0 Å². The fourth-order valence-corrected chi connectivity index (χ4v) is 3.35. The molecule has 2 aromatic heterocycles. The first-order chi connectivity index (χ1) is 8.58. The van der Waals surface area contributed by atoms with Crippen LogP contribution in [0.2, 0.25) is 0 Å². The molecule has 2 aromatic rings. The summed E-state index contributed by atoms with van der Waals surface area (Å²) in [6.45, 7) is 4.05. The highest BCUT2D eigenvalue weighted by atomic mass is 127. The van der Waals surface area contributed by atoms with Crippen molar-refractivity contribution in [2.24, 2.45) is 12.2 Å². The smallest absolute Gasteiger partial charge is 0.140 e. The van der Waals surface area contributed by atoms with Gasteiger partial charge in [-0.1, -0.05) is 5.16 Å². The van der Waals surface area contributed by atoms with Crippen molar-refractivity contribution in [2.75, 3.05) is 0 Å². The molecule has 2 atom stereocenters. The van der Waals surface area contributed by atoms with Crippen LogP contribution in [0.3, 0.4) is 0 Å². The van der Waals surface area contributed by atoms with E-state index >= 15 is 0 Å². The summed E-state index contributed by atoms with van der Waals surface area (Å²) in [5.74, 6) is 0.220. The average Bonchev–Trinajstić information content (AvgIpc) is 2.81. The number of hydrogen-bond acceptors (Lipinski definition) is 3. The second-order valence-electron chi connectivity index (χ2n) is 4.75. The summed E-state index contributed by atoms with van der Waals surface area (Å²) >= 11 is 2.35. The van der Waals surface area contributed by atoms with Gasteiger partial charge in [-0.05, 0) is 48.1 Å². The Morgan fingerprint density at radius 3 is 2.89 bits per heavy atom. The lowest BCUT2D eigenvalue weighted by Crippen LogP contribution is -2.16. The molecule has 0 saturated heterocycles. The van der Waals surface area contributed by atoms with Crippen molar-refractivity contribution in [1.82, 2.24) is 9.55 Å². The van der Waals surface area contributed by atoms with Gasteiger partial charge in [0.2, 0.25) is 0 Å². The van der Waals surface area contributed by atoms with Crippen LogP contribution in [-0.2, 0) is 11.9 Å². The Labute approximate surface area is 119 Å². The lowest BCUT2D eigenvalue weighted by molar-refractivity contribution is 0.0904. The minimum atomic E-state index is 0.0885. The summed E-state index contributed by atoms with van der Waals surface area (Å²) in [5, 5.41) is 5.26. The minimum absolute atomic E-state index is 0.0885. The van der Waals surface area contributed by atoms with E-state index in [4.69, 9.17) is 4.84 Å². The van der Waals surface area contributed by atoms with E-state index in [1.165, 1.54) is 14.5 Å². The molecule has 18 heavy (non-hydrogen) atoms. The Balaban J connectivity index is 2.14. The van der Waals surface area contributed by atoms with E-state index in [-0.39, 0.29) is 12.0 Å². The van der Waals surface area contributed by atoms with Crippen molar-refractivity contribution < 1.29 is 4.84 Å². The molecule has 0 spiro atoms. The molecule has 0 N–H and O–H groups in total. The van der Waals surface area contributed by atoms with Gasteiger partial charge in [-0.25, -0.2) is 4.98 Å². The number of hydrogen-bond donors (Lipinski definition) is 0. The van der Waals surface area contributed by atoms with E-state index < -0.39 is 0 Å². The zero-order valence-electron chi connectivity index (χ0n) is 10.5. The SMILES string of the molecule is CC1=NOC(C)[C@@H]1c1cnc2c(c1)c(I)cn2C. The van der Waals surface area contributed by atoms with Crippen LogP contribution in [0.5, 0.6) is 0 Å². The van der Waals surface area contributed by atoms with Crippen LogP contribution in [0.25, 0.3) is 11.0 Å². The standard InChI is InChI=1S/C13H14IN3O/c1-7-12(8(2)18-16-7)9-4-10-11(14)6-17(3)13(10)15-5-9/h4-6,8,12H,1-3H3/t8?,12-/m1/s1. The fourth-order valence-electron chi connectivity index (χ4n) is 2.54. The van der Waals surface area contributed by atoms with Crippen molar-refractivity contribution in [1.29, 1.82) is 0 Å². The monoisotopic (exact) mass is 355 g/mol. The molecule has 0 aliphatic carbocycles. The molecule has 0 aromatic carbocycles. The molecule has 4 nitrogen and oxygen atoms in total. The summed E-state index contributed by atoms with van der Waals surface area (Å²) in [6.07, 6.45) is 4.12. The number of fused-ring (bicyclic) bond motifs is 1. The predicted octanol–water partition coefficient (Wildman–Crippen LogP) is 3.06. The maximum Gasteiger partial charge on any atom is 0.140 e. The number of nitrogens with zero attached hydrogens (tertiary/aromatic N) is 3. The lowest BCUT2D eigenvalue weighted by Gasteiger charge is -2.14. The van der Waals surface area contributed by atoms with Gasteiger partial charge in [-0.15, -0.1) is 0 Å². The number of pyridine rings is 1. The number of aryl methyl sites for hydroxylation is 1. The van der Waals surface area contributed by atoms with E-state index in [1.54, 1.807) is 0 Å². The molecule has 0 saturated carbocycles. The molecule has 0 amide bonds. The average molecular weight is 355 g/mol. The molecule has 1 aliphatic heterocycles. The molecular weight excluding hydrogens is 341 g/mol. The molecule has 3 rings (SSSR count). The Hall–Kier alpha value is -1.11. The highest BCUT2D eigenvalue weighted by molar-refractivity contribution is 14.1. The maximum absolute atomic E-state index is 5.33. The molecular formula is C13H14IN3O. The predicted molar refractivity (Wildman–Crippen MR) is 79.8 cm³/mol. The Kier molecular flexibility index (Phi) is 2.80. The molecule has 0 radical (unpaired) electrons. The van der Waals surface area contributed by atoms with Crippen LogP contribution in [0.15, 0.2) is 23.6 Å². The zero-order chi connectivity index (χ0) is 12.9. The van der Waals surface area contributed by atoms with Crippen molar-refractivity contribution in [3.05, 3.63) is 27.6 Å². The topological polar surface area (TPSA) is 39.4 Å². The number of halogens is 1. The first-order valence-electron chi connectivity index (χ1n) is 5.88. The van der Waals surface area contributed by atoms with Crippen molar-refractivity contribution in [2.45, 2.75) is 25.9 Å². The van der Waals surface area contributed by atoms with Gasteiger partial charge in [0.1, 0.15) is 11.8 Å². The molecule has 3 heterocycles. The third-order valence-electron chi connectivity index (χ3n) is 3.43. The summed E-state index contributed by atoms with van der Waals surface area (Å²) in [6, 6.07) is 2.21. The molecule has 0 fully saturated rings. The van der Waals surface area contributed by atoms with Crippen molar-refractivity contribution >= 4 is 39.3 Å². The molecule has 0 bridgehead atoms. The highest BCUT2D eigenvalue weighted by Gasteiger charge is 2.30. The van der Waals surface area contributed by atoms with Crippen molar-refractivity contribution in [3.8, 4) is 0 Å². The first kappa shape index (κ1) is 12.0. The summed E-state index contributed by atoms with van der Waals surface area (Å²) in [4.78, 5) is 9.90. The van der Waals surface area contributed by atoms with E-state index in [0.29, 0.717) is 0 Å². The van der Waals surface area contributed by atoms with Gasteiger partial charge in [0, 0.05) is 28.4 Å². The number of oxime groups is 1. The second kappa shape index (κ2) is 4.22. The van der Waals surface area contributed by atoms with Crippen LogP contribution in [0.4, 0.5) is 0 Å². The van der Waals surface area contributed by atoms with Crippen LogP contribution in [0, 0.1) is 3.57 Å². The van der Waals surface area contributed by atoms with Gasteiger partial charge in [0.25, 0.3) is 0 Å². The van der Waals surface area contributed by atoms with E-state index in [2.05, 4.69) is 49.6 Å². The lowest BCUT2D eigenvalue weighted by atomic mass is 9.92. The van der Waals surface area contributed by atoms with Crippen LogP contribution in [-0.4, -0.2) is 21.4 Å². The van der Waals surface area contributed by atoms with Crippen molar-refractivity contribution in [3.63, 3.8) is 0 Å². The molecule has 1 aliphatic rings. The summed E-state index contributed by atoms with van der Waals surface area (Å²) < 4.78 is 3.27. The summed E-state index contributed by atoms with van der Waals surface area (Å²) in [5.41, 5.74) is 3.22. The Morgan fingerprint density at radius 1 is 1.44 bits per heavy atom. The van der Waals surface area contributed by atoms with Gasteiger partial charge < -0.3 is 9.40 Å². The quantitative estimate of drug-likeness (QED) is 0.738.